The first-order valence-electron chi connectivity index (χ1n) is 23.4. The fourth-order valence-electron chi connectivity index (χ4n) is 10.5. The number of fused-ring (bicyclic) bond motifs is 7. The fourth-order valence-corrected chi connectivity index (χ4v) is 10.5. The van der Waals surface area contributed by atoms with E-state index >= 15 is 0 Å². The summed E-state index contributed by atoms with van der Waals surface area (Å²) in [6.07, 6.45) is 1.91. The van der Waals surface area contributed by atoms with E-state index in [0.717, 1.165) is 84.0 Å². The van der Waals surface area contributed by atoms with Crippen LogP contribution in [-0.4, -0.2) is 14.5 Å². The van der Waals surface area contributed by atoms with Crippen LogP contribution < -0.4 is 14.5 Å². The van der Waals surface area contributed by atoms with Crippen molar-refractivity contribution in [2.24, 2.45) is 0 Å². The number of benzene rings is 7. The summed E-state index contributed by atoms with van der Waals surface area (Å²) in [6.45, 7) is 17.7. The molecule has 0 bridgehead atoms. The van der Waals surface area contributed by atoms with Crippen molar-refractivity contribution in [2.75, 3.05) is 9.80 Å². The number of ether oxygens (including phenoxy) is 1. The Labute approximate surface area is 419 Å². The first-order chi connectivity index (χ1) is 32.9. The van der Waals surface area contributed by atoms with Crippen molar-refractivity contribution in [1.82, 2.24) is 14.5 Å². The van der Waals surface area contributed by atoms with E-state index in [9.17, 15) is 0 Å². The van der Waals surface area contributed by atoms with Gasteiger partial charge in [-0.05, 0) is 100 Å². The van der Waals surface area contributed by atoms with Gasteiger partial charge in [-0.3, -0.25) is 4.98 Å². The first-order valence-corrected chi connectivity index (χ1v) is 23.4. The molecule has 0 spiro atoms. The third kappa shape index (κ3) is 7.45. The van der Waals surface area contributed by atoms with E-state index in [4.69, 9.17) is 14.7 Å². The van der Waals surface area contributed by atoms with Crippen molar-refractivity contribution in [3.63, 3.8) is 0 Å². The maximum Gasteiger partial charge on any atom is 0.135 e. The van der Waals surface area contributed by atoms with Gasteiger partial charge in [-0.15, -0.1) is 53.6 Å². The normalized spacial score (nSPS) is 13.6. The number of para-hydroxylation sites is 3. The third-order valence-corrected chi connectivity index (χ3v) is 13.8. The minimum Gasteiger partial charge on any atom is -0.509 e. The van der Waals surface area contributed by atoms with Crippen LogP contribution in [0.5, 0.6) is 11.5 Å². The zero-order valence-electron chi connectivity index (χ0n) is 39.7. The topological polar surface area (TPSA) is 46.4 Å². The Morgan fingerprint density at radius 2 is 1.29 bits per heavy atom. The van der Waals surface area contributed by atoms with Gasteiger partial charge in [0, 0.05) is 89.3 Å². The van der Waals surface area contributed by atoms with E-state index in [0.29, 0.717) is 11.5 Å². The van der Waals surface area contributed by atoms with Crippen LogP contribution in [0, 0.1) is 32.6 Å². The predicted molar refractivity (Wildman–Crippen MR) is 279 cm³/mol. The summed E-state index contributed by atoms with van der Waals surface area (Å²) in [7, 11) is 0. The largest absolute Gasteiger partial charge is 0.509 e. The summed E-state index contributed by atoms with van der Waals surface area (Å²) in [4.78, 5) is 14.3. The van der Waals surface area contributed by atoms with E-state index < -0.39 is 0 Å². The zero-order valence-corrected chi connectivity index (χ0v) is 42.0. The Morgan fingerprint density at radius 1 is 0.594 bits per heavy atom. The van der Waals surface area contributed by atoms with Gasteiger partial charge in [0.15, 0.2) is 0 Å². The molecule has 0 N–H and O–H groups in total. The van der Waals surface area contributed by atoms with Gasteiger partial charge in [0.25, 0.3) is 0 Å². The Morgan fingerprint density at radius 3 is 2.07 bits per heavy atom. The SMILES string of the molecule is Cc1cc(-c2cc(Oc3[c-]c4c(cc3)c3ccccc3n4-c3cc(C(C)(C)C)ccn3)[c-]c(N3[CH-]N(c4c(-c5ccccc5)ccc5c4-c4ccccc4C5(C)C)c4ccccc43)c2)cc(C)n1.[Pt]. The van der Waals surface area contributed by atoms with Crippen molar-refractivity contribution in [1.29, 1.82) is 0 Å². The third-order valence-electron chi connectivity index (χ3n) is 13.8. The van der Waals surface area contributed by atoms with Crippen LogP contribution in [0.3, 0.4) is 0 Å². The molecule has 0 radical (unpaired) electrons. The van der Waals surface area contributed by atoms with Crippen LogP contribution in [0.2, 0.25) is 0 Å². The smallest absolute Gasteiger partial charge is 0.135 e. The molecule has 69 heavy (non-hydrogen) atoms. The summed E-state index contributed by atoms with van der Waals surface area (Å²) in [5, 5.41) is 2.21. The minimum atomic E-state index is -0.175. The Bertz CT molecular complexity index is 3620. The molecule has 0 saturated heterocycles. The van der Waals surface area contributed by atoms with Crippen LogP contribution in [-0.2, 0) is 31.9 Å². The van der Waals surface area contributed by atoms with Crippen LogP contribution in [0.25, 0.3) is 61.0 Å². The summed E-state index contributed by atoms with van der Waals surface area (Å²) in [6, 6.07) is 65.9. The van der Waals surface area contributed by atoms with Gasteiger partial charge in [0.1, 0.15) is 5.82 Å². The maximum absolute atomic E-state index is 6.96. The van der Waals surface area contributed by atoms with Crippen LogP contribution >= 0.6 is 0 Å². The molecular formula is C62H50N5OPt-3. The number of aryl methyl sites for hydroxylation is 2. The zero-order chi connectivity index (χ0) is 46.5. The van der Waals surface area contributed by atoms with Crippen molar-refractivity contribution >= 4 is 44.6 Å². The second-order valence-electron chi connectivity index (χ2n) is 19.7. The van der Waals surface area contributed by atoms with Gasteiger partial charge < -0.3 is 19.1 Å². The van der Waals surface area contributed by atoms with Crippen LogP contribution in [0.15, 0.2) is 170 Å². The van der Waals surface area contributed by atoms with Gasteiger partial charge in [0.2, 0.25) is 0 Å². The number of anilines is 4. The van der Waals surface area contributed by atoms with E-state index in [2.05, 4.69) is 226 Å². The molecule has 342 valence electrons. The van der Waals surface area contributed by atoms with E-state index in [1.807, 2.05) is 26.1 Å². The molecule has 3 aromatic heterocycles. The molecule has 4 heterocycles. The quantitative estimate of drug-likeness (QED) is 0.149. The molecule has 0 atom stereocenters. The van der Waals surface area contributed by atoms with E-state index in [-0.39, 0.29) is 31.9 Å². The van der Waals surface area contributed by atoms with Crippen molar-refractivity contribution in [3.8, 4) is 50.7 Å². The molecule has 10 aromatic rings. The standard InChI is InChI=1S/C62H50N5O.Pt/c1-39-31-42(32-40(2)64-39)43-33-45(36-47(34-43)68-46-25-26-50-49-19-12-14-22-54(49)67(57(50)37-46)58-35-44(29-30-63-58)61(3,4)5)65-38-66(56-24-16-15-23-55(56)65)60-48(41-17-9-8-10-18-41)27-28-53-59(60)51-20-11-13-21-52(51)62(53,6)7;/h8-35,38H,1-7H3;/q-3;. The molecule has 12 rings (SSSR count). The van der Waals surface area contributed by atoms with Gasteiger partial charge in [-0.25, -0.2) is 4.98 Å². The second kappa shape index (κ2) is 16.7. The molecule has 6 nitrogen and oxygen atoms in total. The summed E-state index contributed by atoms with van der Waals surface area (Å²) >= 11 is 0. The van der Waals surface area contributed by atoms with E-state index in [1.54, 1.807) is 0 Å². The van der Waals surface area contributed by atoms with Gasteiger partial charge >= 0.3 is 0 Å². The average Bonchev–Trinajstić information content (AvgIpc) is 3.96. The summed E-state index contributed by atoms with van der Waals surface area (Å²) < 4.78 is 9.16. The molecule has 1 aliphatic heterocycles. The number of aromatic nitrogens is 3. The molecule has 1 aliphatic carbocycles. The molecule has 0 saturated carbocycles. The van der Waals surface area contributed by atoms with Gasteiger partial charge in [-0.1, -0.05) is 137 Å². The second-order valence-corrected chi connectivity index (χ2v) is 19.7. The number of hydrogen-bond donors (Lipinski definition) is 0. The number of nitrogens with zero attached hydrogens (tertiary/aromatic N) is 5. The Hall–Kier alpha value is -7.27. The Kier molecular flexibility index (Phi) is 10.7. The fraction of sp³-hybridized carbons (Fsp3) is 0.145. The van der Waals surface area contributed by atoms with Crippen LogP contribution in [0.4, 0.5) is 22.7 Å². The molecule has 2 aliphatic rings. The molecule has 7 aromatic carbocycles. The van der Waals surface area contributed by atoms with Crippen molar-refractivity contribution in [3.05, 3.63) is 217 Å². The van der Waals surface area contributed by atoms with Crippen LogP contribution in [0.1, 0.15) is 62.7 Å². The van der Waals surface area contributed by atoms with Gasteiger partial charge in [-0.2, -0.15) is 6.07 Å². The first kappa shape index (κ1) is 44.2. The number of hydrogen-bond acceptors (Lipinski definition) is 5. The van der Waals surface area contributed by atoms with Crippen molar-refractivity contribution < 1.29 is 25.8 Å². The van der Waals surface area contributed by atoms with Gasteiger partial charge in [0.05, 0.1) is 0 Å². The summed E-state index contributed by atoms with van der Waals surface area (Å²) in [5.74, 6) is 1.99. The predicted octanol–water partition coefficient (Wildman–Crippen LogP) is 15.9. The molecule has 0 fully saturated rings. The maximum atomic E-state index is 6.96. The molecule has 0 amide bonds. The molecule has 0 unspecified atom stereocenters. The average molecular weight is 1080 g/mol. The monoisotopic (exact) mass is 1080 g/mol. The number of rotatable bonds is 7. The van der Waals surface area contributed by atoms with Crippen molar-refractivity contribution in [2.45, 2.75) is 59.3 Å². The Balaban J connectivity index is 0.00000520. The molecule has 7 heteroatoms. The van der Waals surface area contributed by atoms with E-state index in [1.165, 1.54) is 27.8 Å². The summed E-state index contributed by atoms with van der Waals surface area (Å²) in [5.41, 5.74) is 18.5. The molecular weight excluding hydrogens is 1030 g/mol. The number of pyridine rings is 2. The minimum absolute atomic E-state index is 0.